The van der Waals surface area contributed by atoms with Crippen LogP contribution in [0.25, 0.3) is 0 Å². The minimum Gasteiger partial charge on any atom is -0.502 e. The molecule has 0 atom stereocenters. The van der Waals surface area contributed by atoms with Gasteiger partial charge in [-0.2, -0.15) is 5.10 Å². The SMILES string of the molecule is CN(C)c1c([N+](=O)[O-])cc(C(=O)N/N=C\c2cc([N+](=O)[O-])cc([N+](=O)[O-])c2O)cc1[N+](=O)[O-]. The molecule has 0 aliphatic heterocycles. The van der Waals surface area contributed by atoms with E-state index in [0.717, 1.165) is 23.1 Å². The molecule has 0 radical (unpaired) electrons. The average Bonchev–Trinajstić information content (AvgIpc) is 2.72. The molecule has 0 aromatic heterocycles. The number of nitrogens with zero attached hydrogens (tertiary/aromatic N) is 6. The number of rotatable bonds is 8. The van der Waals surface area contributed by atoms with Crippen molar-refractivity contribution in [2.24, 2.45) is 5.10 Å². The van der Waals surface area contributed by atoms with Gasteiger partial charge < -0.3 is 10.0 Å². The molecule has 2 aromatic rings. The first-order valence-corrected chi connectivity index (χ1v) is 8.48. The number of non-ortho nitro benzene ring substituents is 1. The molecule has 172 valence electrons. The Morgan fingerprint density at radius 3 is 1.85 bits per heavy atom. The molecule has 17 heteroatoms. The Hall–Kier alpha value is -5.22. The van der Waals surface area contributed by atoms with Gasteiger partial charge in [-0.3, -0.25) is 45.3 Å². The van der Waals surface area contributed by atoms with Crippen molar-refractivity contribution in [3.8, 4) is 5.75 Å². The summed E-state index contributed by atoms with van der Waals surface area (Å²) < 4.78 is 0. The van der Waals surface area contributed by atoms with Gasteiger partial charge in [-0.25, -0.2) is 5.43 Å². The summed E-state index contributed by atoms with van der Waals surface area (Å²) >= 11 is 0. The predicted octanol–water partition coefficient (Wildman–Crippen LogP) is 1.85. The van der Waals surface area contributed by atoms with E-state index in [9.17, 15) is 50.4 Å². The van der Waals surface area contributed by atoms with Gasteiger partial charge in [-0.1, -0.05) is 0 Å². The average molecular weight is 463 g/mol. The number of hydrogen-bond donors (Lipinski definition) is 2. The van der Waals surface area contributed by atoms with Crippen LogP contribution in [0, 0.1) is 40.5 Å². The van der Waals surface area contributed by atoms with Crippen LogP contribution < -0.4 is 10.3 Å². The van der Waals surface area contributed by atoms with Gasteiger partial charge in [0.25, 0.3) is 23.0 Å². The molecule has 0 aliphatic rings. The lowest BCUT2D eigenvalue weighted by molar-refractivity contribution is -0.394. The monoisotopic (exact) mass is 463 g/mol. The van der Waals surface area contributed by atoms with E-state index in [0.29, 0.717) is 12.3 Å². The Labute approximate surface area is 182 Å². The fourth-order valence-corrected chi connectivity index (χ4v) is 2.67. The number of nitro benzene ring substituents is 4. The summed E-state index contributed by atoms with van der Waals surface area (Å²) in [6.07, 6.45) is 0.657. The van der Waals surface area contributed by atoms with E-state index < -0.39 is 65.2 Å². The lowest BCUT2D eigenvalue weighted by atomic mass is 10.1. The highest BCUT2D eigenvalue weighted by Gasteiger charge is 2.30. The lowest BCUT2D eigenvalue weighted by Crippen LogP contribution is -2.20. The Morgan fingerprint density at radius 1 is 0.909 bits per heavy atom. The van der Waals surface area contributed by atoms with Gasteiger partial charge in [0.15, 0.2) is 5.69 Å². The van der Waals surface area contributed by atoms with Crippen LogP contribution in [0.4, 0.5) is 28.4 Å². The number of phenols is 1. The van der Waals surface area contributed by atoms with E-state index in [2.05, 4.69) is 5.10 Å². The van der Waals surface area contributed by atoms with Crippen molar-refractivity contribution in [2.75, 3.05) is 19.0 Å². The number of amides is 1. The highest BCUT2D eigenvalue weighted by atomic mass is 16.6. The number of nitrogens with one attached hydrogen (secondary N) is 1. The molecular weight excluding hydrogens is 450 g/mol. The molecule has 0 bridgehead atoms. The number of carbonyl (C=O) groups excluding carboxylic acids is 1. The minimum absolute atomic E-state index is 0.348. The summed E-state index contributed by atoms with van der Waals surface area (Å²) in [6.45, 7) is 0. The van der Waals surface area contributed by atoms with Gasteiger partial charge in [0.05, 0.1) is 43.1 Å². The first kappa shape index (κ1) is 24.1. The third kappa shape index (κ3) is 5.10. The summed E-state index contributed by atoms with van der Waals surface area (Å²) in [4.78, 5) is 54.2. The molecule has 2 N–H and O–H groups in total. The summed E-state index contributed by atoms with van der Waals surface area (Å²) in [6, 6.07) is 2.83. The van der Waals surface area contributed by atoms with Crippen molar-refractivity contribution in [3.05, 3.63) is 75.8 Å². The van der Waals surface area contributed by atoms with Gasteiger partial charge in [0.1, 0.15) is 0 Å². The van der Waals surface area contributed by atoms with Crippen molar-refractivity contribution in [1.82, 2.24) is 5.43 Å². The third-order valence-electron chi connectivity index (χ3n) is 4.05. The predicted molar refractivity (Wildman–Crippen MR) is 111 cm³/mol. The van der Waals surface area contributed by atoms with Gasteiger partial charge in [0, 0.05) is 32.3 Å². The van der Waals surface area contributed by atoms with Crippen molar-refractivity contribution in [3.63, 3.8) is 0 Å². The van der Waals surface area contributed by atoms with Crippen LogP contribution in [0.3, 0.4) is 0 Å². The zero-order valence-electron chi connectivity index (χ0n) is 16.7. The maximum Gasteiger partial charge on any atom is 0.318 e. The van der Waals surface area contributed by atoms with Crippen LogP contribution >= 0.6 is 0 Å². The molecule has 0 spiro atoms. The van der Waals surface area contributed by atoms with Crippen molar-refractivity contribution in [2.45, 2.75) is 0 Å². The van der Waals surface area contributed by atoms with Crippen LogP contribution in [0.2, 0.25) is 0 Å². The molecule has 0 fully saturated rings. The van der Waals surface area contributed by atoms with Crippen LogP contribution in [0.15, 0.2) is 29.4 Å². The number of nitro groups is 4. The zero-order chi connectivity index (χ0) is 25.0. The van der Waals surface area contributed by atoms with Gasteiger partial charge in [-0.15, -0.1) is 0 Å². The van der Waals surface area contributed by atoms with E-state index >= 15 is 0 Å². The number of carbonyl (C=O) groups is 1. The molecule has 2 rings (SSSR count). The standard InChI is InChI=1S/C16H13N7O10/c1-19(2)14-11(21(28)29)4-8(5-12(14)22(30)31)16(25)18-17-7-9-3-10(20(26)27)6-13(15(9)24)23(32)33/h3-7,24H,1-2H3,(H,18,25)/b17-7-. The Balaban J connectivity index is 2.44. The normalized spacial score (nSPS) is 10.6. The minimum atomic E-state index is -1.14. The molecule has 0 saturated heterocycles. The summed E-state index contributed by atoms with van der Waals surface area (Å²) in [5.74, 6) is -2.10. The fourth-order valence-electron chi connectivity index (χ4n) is 2.67. The molecule has 1 amide bonds. The number of phenolic OH excluding ortho intramolecular Hbond substituents is 1. The molecule has 33 heavy (non-hydrogen) atoms. The first-order valence-electron chi connectivity index (χ1n) is 8.48. The summed E-state index contributed by atoms with van der Waals surface area (Å²) in [7, 11) is 2.67. The molecule has 2 aromatic carbocycles. The van der Waals surface area contributed by atoms with E-state index in [4.69, 9.17) is 0 Å². The second-order valence-corrected chi connectivity index (χ2v) is 6.39. The fraction of sp³-hybridized carbons (Fsp3) is 0.125. The summed E-state index contributed by atoms with van der Waals surface area (Å²) in [5.41, 5.74) is -2.65. The number of hydrogen-bond acceptors (Lipinski definition) is 12. The highest BCUT2D eigenvalue weighted by Crippen LogP contribution is 2.37. The lowest BCUT2D eigenvalue weighted by Gasteiger charge is -2.13. The number of aromatic hydroxyl groups is 1. The van der Waals surface area contributed by atoms with Crippen LogP contribution in [-0.4, -0.2) is 51.0 Å². The van der Waals surface area contributed by atoms with Gasteiger partial charge >= 0.3 is 5.69 Å². The van der Waals surface area contributed by atoms with Crippen molar-refractivity contribution in [1.29, 1.82) is 0 Å². The van der Waals surface area contributed by atoms with Crippen molar-refractivity contribution < 1.29 is 29.6 Å². The molecule has 0 saturated carbocycles. The Bertz CT molecular complexity index is 1190. The van der Waals surface area contributed by atoms with E-state index in [1.807, 2.05) is 5.43 Å². The van der Waals surface area contributed by atoms with Crippen LogP contribution in [0.5, 0.6) is 5.75 Å². The second kappa shape index (κ2) is 9.29. The van der Waals surface area contributed by atoms with Gasteiger partial charge in [-0.05, 0) is 0 Å². The van der Waals surface area contributed by atoms with Crippen LogP contribution in [-0.2, 0) is 0 Å². The van der Waals surface area contributed by atoms with Crippen molar-refractivity contribution >= 4 is 40.6 Å². The number of hydrazone groups is 1. The van der Waals surface area contributed by atoms with Crippen LogP contribution in [0.1, 0.15) is 15.9 Å². The quantitative estimate of drug-likeness (QED) is 0.325. The number of anilines is 1. The van der Waals surface area contributed by atoms with Gasteiger partial charge in [0.2, 0.25) is 5.75 Å². The maximum atomic E-state index is 12.3. The molecular formula is C16H13N7O10. The zero-order valence-corrected chi connectivity index (χ0v) is 16.7. The maximum absolute atomic E-state index is 12.3. The molecule has 17 nitrogen and oxygen atoms in total. The highest BCUT2D eigenvalue weighted by molar-refractivity contribution is 5.98. The van der Waals surface area contributed by atoms with E-state index in [1.54, 1.807) is 0 Å². The second-order valence-electron chi connectivity index (χ2n) is 6.39. The summed E-state index contributed by atoms with van der Waals surface area (Å²) in [5, 5.41) is 57.9. The molecule has 0 heterocycles. The Morgan fingerprint density at radius 2 is 1.42 bits per heavy atom. The smallest absolute Gasteiger partial charge is 0.318 e. The molecule has 0 aliphatic carbocycles. The number of benzene rings is 2. The Kier molecular flexibility index (Phi) is 6.77. The van der Waals surface area contributed by atoms with E-state index in [-0.39, 0.29) is 5.69 Å². The third-order valence-corrected chi connectivity index (χ3v) is 4.05. The largest absolute Gasteiger partial charge is 0.502 e. The molecule has 0 unspecified atom stereocenters. The van der Waals surface area contributed by atoms with E-state index in [1.165, 1.54) is 14.1 Å². The first-order chi connectivity index (χ1) is 15.3. The topological polar surface area (TPSA) is 237 Å².